The highest BCUT2D eigenvalue weighted by Crippen LogP contribution is 2.26. The van der Waals surface area contributed by atoms with Crippen molar-refractivity contribution < 1.29 is 14.3 Å². The maximum atomic E-state index is 12.5. The number of benzene rings is 1. The molecule has 1 saturated heterocycles. The number of hydrogen-bond donors (Lipinski definition) is 4. The highest BCUT2D eigenvalue weighted by atomic mass is 16.5. The van der Waals surface area contributed by atoms with Gasteiger partial charge >= 0.3 is 0 Å². The molecule has 0 atom stereocenters. The summed E-state index contributed by atoms with van der Waals surface area (Å²) in [7, 11) is 1.47. The monoisotopic (exact) mass is 381 g/mol. The highest BCUT2D eigenvalue weighted by molar-refractivity contribution is 5.97. The minimum atomic E-state index is -0.195. The van der Waals surface area contributed by atoms with Gasteiger partial charge in [-0.25, -0.2) is 4.98 Å². The largest absolute Gasteiger partial charge is 0.480 e. The quantitative estimate of drug-likeness (QED) is 0.411. The number of imidazole rings is 1. The van der Waals surface area contributed by atoms with Crippen LogP contribution in [0.4, 0.5) is 0 Å². The fourth-order valence-corrected chi connectivity index (χ4v) is 3.46. The lowest BCUT2D eigenvalue weighted by Crippen LogP contribution is -2.39. The van der Waals surface area contributed by atoms with Crippen LogP contribution in [0.5, 0.6) is 0 Å². The van der Waals surface area contributed by atoms with Crippen molar-refractivity contribution in [1.29, 1.82) is 5.41 Å². The van der Waals surface area contributed by atoms with Gasteiger partial charge in [-0.05, 0) is 38.0 Å². The topological polar surface area (TPSA) is 116 Å². The molecule has 0 spiro atoms. The smallest absolute Gasteiger partial charge is 0.287 e. The van der Waals surface area contributed by atoms with Crippen LogP contribution in [-0.2, 0) is 9.47 Å². The summed E-state index contributed by atoms with van der Waals surface area (Å²) in [6.45, 7) is 3.25. The van der Waals surface area contributed by atoms with Gasteiger partial charge in [0.25, 0.3) is 5.91 Å². The summed E-state index contributed by atoms with van der Waals surface area (Å²) in [5, 5.41) is 11.8. The molecular weight excluding hydrogens is 358 g/mol. The molecule has 8 nitrogen and oxygen atoms in total. The molecule has 1 aliphatic heterocycles. The van der Waals surface area contributed by atoms with E-state index in [9.17, 15) is 4.79 Å². The van der Waals surface area contributed by atoms with E-state index in [1.165, 1.54) is 7.11 Å². The third-order valence-corrected chi connectivity index (χ3v) is 5.00. The minimum Gasteiger partial charge on any atom is -0.480 e. The molecule has 1 aliphatic rings. The number of nitrogens with one attached hydrogen (secondary N) is 4. The summed E-state index contributed by atoms with van der Waals surface area (Å²) < 4.78 is 10.3. The summed E-state index contributed by atoms with van der Waals surface area (Å²) in [4.78, 5) is 23.3. The second kappa shape index (κ2) is 7.47. The Balaban J connectivity index is 1.58. The first-order valence-corrected chi connectivity index (χ1v) is 9.26. The lowest BCUT2D eigenvalue weighted by atomic mass is 10.1. The first kappa shape index (κ1) is 18.2. The predicted octanol–water partition coefficient (Wildman–Crippen LogP) is 2.75. The number of methoxy groups -OCH3 is 1. The zero-order valence-electron chi connectivity index (χ0n) is 15.9. The van der Waals surface area contributed by atoms with E-state index in [1.54, 1.807) is 0 Å². The van der Waals surface area contributed by atoms with E-state index in [4.69, 9.17) is 14.9 Å². The maximum absolute atomic E-state index is 12.5. The Morgan fingerprint density at radius 3 is 2.82 bits per heavy atom. The van der Waals surface area contributed by atoms with Gasteiger partial charge in [0.1, 0.15) is 5.69 Å². The van der Waals surface area contributed by atoms with Crippen molar-refractivity contribution in [2.45, 2.75) is 25.8 Å². The molecule has 3 aromatic rings. The van der Waals surface area contributed by atoms with E-state index in [1.807, 2.05) is 31.2 Å². The van der Waals surface area contributed by atoms with E-state index in [0.29, 0.717) is 24.7 Å². The van der Waals surface area contributed by atoms with Crippen LogP contribution in [0.3, 0.4) is 0 Å². The SMILES string of the molecule is COC(=N)c1cc2cc(-c3nc(C(=O)NC4CCOCC4)[nH]c3C)ccc2[nH]1. The van der Waals surface area contributed by atoms with Crippen LogP contribution in [-0.4, -0.2) is 53.1 Å². The first-order valence-electron chi connectivity index (χ1n) is 9.26. The number of aromatic amines is 2. The average Bonchev–Trinajstić information content (AvgIpc) is 3.31. The van der Waals surface area contributed by atoms with Crippen LogP contribution in [0.15, 0.2) is 24.3 Å². The molecule has 0 unspecified atom stereocenters. The van der Waals surface area contributed by atoms with Gasteiger partial charge in [-0.1, -0.05) is 6.07 Å². The van der Waals surface area contributed by atoms with Gasteiger partial charge < -0.3 is 24.8 Å². The number of H-pyrrole nitrogens is 2. The van der Waals surface area contributed by atoms with E-state index >= 15 is 0 Å². The summed E-state index contributed by atoms with van der Waals surface area (Å²) >= 11 is 0. The minimum absolute atomic E-state index is 0.0840. The van der Waals surface area contributed by atoms with Crippen LogP contribution >= 0.6 is 0 Å². The molecule has 0 aliphatic carbocycles. The Hall–Kier alpha value is -3.13. The lowest BCUT2D eigenvalue weighted by Gasteiger charge is -2.22. The van der Waals surface area contributed by atoms with E-state index in [2.05, 4.69) is 20.3 Å². The summed E-state index contributed by atoms with van der Waals surface area (Å²) in [6.07, 6.45) is 1.64. The number of carbonyl (C=O) groups is 1. The number of ether oxygens (including phenoxy) is 2. The number of aromatic nitrogens is 3. The van der Waals surface area contributed by atoms with Crippen LogP contribution in [0.2, 0.25) is 0 Å². The Bertz CT molecular complexity index is 1030. The number of fused-ring (bicyclic) bond motifs is 1. The van der Waals surface area contributed by atoms with Gasteiger partial charge in [0.2, 0.25) is 5.90 Å². The fraction of sp³-hybridized carbons (Fsp3) is 0.350. The maximum Gasteiger partial charge on any atom is 0.287 e. The average molecular weight is 381 g/mol. The van der Waals surface area contributed by atoms with Gasteiger partial charge in [-0.15, -0.1) is 0 Å². The zero-order valence-corrected chi connectivity index (χ0v) is 15.9. The van der Waals surface area contributed by atoms with Gasteiger partial charge in [0.05, 0.1) is 12.8 Å². The van der Waals surface area contributed by atoms with Crippen LogP contribution in [0.1, 0.15) is 34.8 Å². The Morgan fingerprint density at radius 2 is 2.07 bits per heavy atom. The zero-order chi connectivity index (χ0) is 19.7. The molecule has 2 aromatic heterocycles. The first-order chi connectivity index (χ1) is 13.5. The second-order valence-corrected chi connectivity index (χ2v) is 6.94. The molecule has 4 N–H and O–H groups in total. The van der Waals surface area contributed by atoms with E-state index < -0.39 is 0 Å². The number of rotatable bonds is 4. The van der Waals surface area contributed by atoms with Crippen molar-refractivity contribution in [2.24, 2.45) is 0 Å². The van der Waals surface area contributed by atoms with Crippen molar-refractivity contribution in [2.75, 3.05) is 20.3 Å². The molecule has 146 valence electrons. The van der Waals surface area contributed by atoms with Crippen molar-refractivity contribution in [3.63, 3.8) is 0 Å². The Labute approximate surface area is 162 Å². The van der Waals surface area contributed by atoms with Crippen molar-refractivity contribution in [3.8, 4) is 11.3 Å². The molecular formula is C20H23N5O3. The van der Waals surface area contributed by atoms with Gasteiger partial charge in [-0.2, -0.15) is 0 Å². The van der Waals surface area contributed by atoms with Crippen LogP contribution in [0.25, 0.3) is 22.2 Å². The molecule has 0 saturated carbocycles. The summed E-state index contributed by atoms with van der Waals surface area (Å²) in [5.74, 6) is 0.204. The molecule has 28 heavy (non-hydrogen) atoms. The van der Waals surface area contributed by atoms with Crippen molar-refractivity contribution in [3.05, 3.63) is 41.5 Å². The number of carbonyl (C=O) groups excluding carboxylic acids is 1. The standard InChI is InChI=1S/C20H23N5O3/c1-11-17(25-19(22-11)20(26)23-14-5-7-28-8-6-14)12-3-4-15-13(9-12)10-16(24-15)18(21)27-2/h3-4,9-10,14,21,24H,5-8H2,1-2H3,(H,22,25)(H,23,26). The van der Waals surface area contributed by atoms with Crippen LogP contribution < -0.4 is 5.32 Å². The molecule has 0 bridgehead atoms. The van der Waals surface area contributed by atoms with Gasteiger partial charge in [-0.3, -0.25) is 10.2 Å². The molecule has 4 rings (SSSR count). The number of hydrogen-bond acceptors (Lipinski definition) is 5. The predicted molar refractivity (Wildman–Crippen MR) is 106 cm³/mol. The lowest BCUT2D eigenvalue weighted by molar-refractivity contribution is 0.0692. The Morgan fingerprint density at radius 1 is 1.29 bits per heavy atom. The summed E-state index contributed by atoms with van der Waals surface area (Å²) in [6, 6.07) is 7.86. The normalized spacial score (nSPS) is 14.9. The number of nitrogens with zero attached hydrogens (tertiary/aromatic N) is 1. The molecule has 0 radical (unpaired) electrons. The van der Waals surface area contributed by atoms with Gasteiger partial charge in [0.15, 0.2) is 5.82 Å². The third-order valence-electron chi connectivity index (χ3n) is 5.00. The molecule has 8 heteroatoms. The third kappa shape index (κ3) is 3.50. The second-order valence-electron chi connectivity index (χ2n) is 6.94. The summed E-state index contributed by atoms with van der Waals surface area (Å²) in [5.41, 5.74) is 4.00. The highest BCUT2D eigenvalue weighted by Gasteiger charge is 2.20. The number of aryl methyl sites for hydroxylation is 1. The fourth-order valence-electron chi connectivity index (χ4n) is 3.46. The van der Waals surface area contributed by atoms with Gasteiger partial charge in [0, 0.05) is 41.4 Å². The molecule has 1 amide bonds. The van der Waals surface area contributed by atoms with E-state index in [-0.39, 0.29) is 17.8 Å². The Kier molecular flexibility index (Phi) is 4.87. The van der Waals surface area contributed by atoms with Crippen molar-refractivity contribution >= 4 is 22.7 Å². The van der Waals surface area contributed by atoms with Crippen molar-refractivity contribution in [1.82, 2.24) is 20.3 Å². The van der Waals surface area contributed by atoms with Crippen LogP contribution in [0, 0.1) is 12.3 Å². The molecule has 1 aromatic carbocycles. The molecule has 1 fully saturated rings. The van der Waals surface area contributed by atoms with E-state index in [0.717, 1.165) is 40.7 Å². The number of amides is 1. The molecule has 3 heterocycles.